The van der Waals surface area contributed by atoms with E-state index in [-0.39, 0.29) is 25.5 Å². The molecule has 1 N–H and O–H groups in total. The predicted octanol–water partition coefficient (Wildman–Crippen LogP) is 4.43. The molecule has 0 radical (unpaired) electrons. The summed E-state index contributed by atoms with van der Waals surface area (Å²) in [6.45, 7) is 14.0. The maximum absolute atomic E-state index is 13.6. The molecule has 262 valence electrons. The summed E-state index contributed by atoms with van der Waals surface area (Å²) in [5, 5.41) is 11.9. The maximum Gasteiger partial charge on any atom is 0.308 e. The topological polar surface area (TPSA) is 138 Å². The second-order valence-corrected chi connectivity index (χ2v) is 14.6. The fourth-order valence-electron chi connectivity index (χ4n) is 8.98. The van der Waals surface area contributed by atoms with Crippen molar-refractivity contribution in [2.45, 2.75) is 103 Å². The first kappa shape index (κ1) is 35.8. The molecule has 48 heavy (non-hydrogen) atoms. The fourth-order valence-corrected chi connectivity index (χ4v) is 8.98. The van der Waals surface area contributed by atoms with Crippen molar-refractivity contribution in [1.29, 1.82) is 0 Å². The van der Waals surface area contributed by atoms with Crippen LogP contribution in [0.1, 0.15) is 78.8 Å². The smallest absolute Gasteiger partial charge is 0.308 e. The number of carbonyl (C=O) groups excluding carboxylic acids is 4. The van der Waals surface area contributed by atoms with Crippen molar-refractivity contribution in [3.8, 4) is 0 Å². The summed E-state index contributed by atoms with van der Waals surface area (Å²) < 4.78 is 30.6. The Morgan fingerprint density at radius 1 is 1.00 bits per heavy atom. The van der Waals surface area contributed by atoms with Crippen LogP contribution in [0.25, 0.3) is 0 Å². The number of carbonyl (C=O) groups is 4. The summed E-state index contributed by atoms with van der Waals surface area (Å²) in [4.78, 5) is 54.0. The standard InChI is InChI=1S/C37H49NO10/c1-20-28(48-29(42)17-27(38(8)9)25-13-11-10-12-14-25)15-16-35(6)30(20)32(45-22(3)39)26-18-37(43)21(2)31(36(26,7)19-44-37)33(46-23(4)40)34(35)47-24(5)41/h10-14,26-28,30,32-34,43H,1,15-19H2,2-9H3. The van der Waals surface area contributed by atoms with Gasteiger partial charge in [-0.3, -0.25) is 19.2 Å². The van der Waals surface area contributed by atoms with Gasteiger partial charge in [0.25, 0.3) is 0 Å². The highest BCUT2D eigenvalue weighted by molar-refractivity contribution is 5.71. The summed E-state index contributed by atoms with van der Waals surface area (Å²) in [6.07, 6.45) is -2.83. The van der Waals surface area contributed by atoms with E-state index >= 15 is 0 Å². The van der Waals surface area contributed by atoms with Gasteiger partial charge in [0.1, 0.15) is 18.3 Å². The van der Waals surface area contributed by atoms with Crippen LogP contribution < -0.4 is 0 Å². The molecule has 2 aliphatic heterocycles. The molecule has 0 amide bonds. The van der Waals surface area contributed by atoms with Crippen LogP contribution in [-0.2, 0) is 42.9 Å². The van der Waals surface area contributed by atoms with Gasteiger partial charge in [-0.05, 0) is 56.1 Å². The SMILES string of the molecule is C=C1C(OC(=O)CC(c2ccccc2)N(C)C)CCC2(C)C(OC(C)=O)C(OC(C)=O)C3=C(C)C4(O)CC(C(OC(C)=O)C12)C3(C)CO4. The Hall–Kier alpha value is -3.54. The molecule has 11 heteroatoms. The third-order valence-corrected chi connectivity index (χ3v) is 11.3. The largest absolute Gasteiger partial charge is 0.462 e. The molecule has 11 nitrogen and oxygen atoms in total. The highest BCUT2D eigenvalue weighted by Crippen LogP contribution is 2.64. The van der Waals surface area contributed by atoms with Gasteiger partial charge in [-0.15, -0.1) is 0 Å². The first-order valence-electron chi connectivity index (χ1n) is 16.6. The number of esters is 4. The van der Waals surface area contributed by atoms with Crippen LogP contribution in [0.15, 0.2) is 53.6 Å². The van der Waals surface area contributed by atoms with E-state index in [4.69, 9.17) is 23.7 Å². The summed E-state index contributed by atoms with van der Waals surface area (Å²) in [6, 6.07) is 9.49. The van der Waals surface area contributed by atoms with E-state index in [9.17, 15) is 24.3 Å². The minimum Gasteiger partial charge on any atom is -0.462 e. The van der Waals surface area contributed by atoms with Gasteiger partial charge in [0.15, 0.2) is 11.9 Å². The number of aliphatic hydroxyl groups is 1. The zero-order valence-electron chi connectivity index (χ0n) is 29.2. The van der Waals surface area contributed by atoms with Gasteiger partial charge in [-0.1, -0.05) is 50.8 Å². The molecule has 1 aromatic rings. The van der Waals surface area contributed by atoms with Crippen LogP contribution in [0.2, 0.25) is 0 Å². The predicted molar refractivity (Wildman–Crippen MR) is 174 cm³/mol. The van der Waals surface area contributed by atoms with Crippen LogP contribution >= 0.6 is 0 Å². The normalized spacial score (nSPS) is 36.3. The Balaban J connectivity index is 1.60. The quantitative estimate of drug-likeness (QED) is 0.239. The molecule has 2 saturated carbocycles. The van der Waals surface area contributed by atoms with Gasteiger partial charge in [0.05, 0.1) is 13.0 Å². The first-order chi connectivity index (χ1) is 22.4. The Labute approximate surface area is 282 Å². The van der Waals surface area contributed by atoms with E-state index in [0.29, 0.717) is 29.6 Å². The summed E-state index contributed by atoms with van der Waals surface area (Å²) in [5.41, 5.74) is 0.668. The molecule has 0 spiro atoms. The fraction of sp³-hybridized carbons (Fsp3) is 0.622. The van der Waals surface area contributed by atoms with E-state index in [1.165, 1.54) is 20.8 Å². The number of ether oxygens (including phenoxy) is 5. The van der Waals surface area contributed by atoms with E-state index in [2.05, 4.69) is 6.58 Å². The lowest BCUT2D eigenvalue weighted by molar-refractivity contribution is -0.284. The van der Waals surface area contributed by atoms with Crippen molar-refractivity contribution in [2.24, 2.45) is 22.7 Å². The summed E-state index contributed by atoms with van der Waals surface area (Å²) >= 11 is 0. The number of benzene rings is 1. The minimum atomic E-state index is -1.73. The highest BCUT2D eigenvalue weighted by Gasteiger charge is 2.69. The molecule has 2 heterocycles. The second-order valence-electron chi connectivity index (χ2n) is 14.6. The lowest BCUT2D eigenvalue weighted by atomic mass is 9.48. The number of nitrogens with zero attached hydrogens (tertiary/aromatic N) is 1. The Morgan fingerprint density at radius 3 is 2.21 bits per heavy atom. The Morgan fingerprint density at radius 2 is 1.62 bits per heavy atom. The van der Waals surface area contributed by atoms with Crippen LogP contribution in [0.5, 0.6) is 0 Å². The Kier molecular flexibility index (Phi) is 9.73. The number of fused-ring (bicyclic) bond motifs is 2. The molecule has 6 rings (SSSR count). The maximum atomic E-state index is 13.6. The third-order valence-electron chi connectivity index (χ3n) is 11.3. The van der Waals surface area contributed by atoms with E-state index in [1.807, 2.05) is 63.2 Å². The van der Waals surface area contributed by atoms with Crippen LogP contribution in [-0.4, -0.2) is 84.8 Å². The molecule has 1 aromatic carbocycles. The molecular weight excluding hydrogens is 618 g/mol. The van der Waals surface area contributed by atoms with Crippen molar-refractivity contribution in [3.05, 3.63) is 59.2 Å². The zero-order chi connectivity index (χ0) is 35.3. The summed E-state index contributed by atoms with van der Waals surface area (Å²) in [7, 11) is 3.81. The van der Waals surface area contributed by atoms with Gasteiger partial charge >= 0.3 is 23.9 Å². The molecule has 4 bridgehead atoms. The molecule has 10 atom stereocenters. The van der Waals surface area contributed by atoms with Gasteiger partial charge in [-0.25, -0.2) is 0 Å². The van der Waals surface area contributed by atoms with Gasteiger partial charge in [0.2, 0.25) is 0 Å². The van der Waals surface area contributed by atoms with Crippen molar-refractivity contribution < 1.29 is 48.0 Å². The van der Waals surface area contributed by atoms with Crippen LogP contribution in [0.4, 0.5) is 0 Å². The molecule has 3 fully saturated rings. The average Bonchev–Trinajstić information content (AvgIpc) is 2.99. The number of rotatable bonds is 8. The van der Waals surface area contributed by atoms with Crippen molar-refractivity contribution in [1.82, 2.24) is 4.90 Å². The molecule has 5 aliphatic rings. The molecular formula is C37H49NO10. The summed E-state index contributed by atoms with van der Waals surface area (Å²) in [5.74, 6) is -5.09. The first-order valence-corrected chi connectivity index (χ1v) is 16.6. The van der Waals surface area contributed by atoms with E-state index in [0.717, 1.165) is 5.56 Å². The third kappa shape index (κ3) is 6.20. The monoisotopic (exact) mass is 667 g/mol. The molecule has 1 saturated heterocycles. The van der Waals surface area contributed by atoms with E-state index in [1.54, 1.807) is 6.92 Å². The lowest BCUT2D eigenvalue weighted by Crippen LogP contribution is -2.69. The zero-order valence-corrected chi connectivity index (χ0v) is 29.2. The Bertz CT molecular complexity index is 1500. The van der Waals surface area contributed by atoms with Crippen molar-refractivity contribution in [2.75, 3.05) is 20.7 Å². The van der Waals surface area contributed by atoms with Crippen LogP contribution in [0, 0.1) is 22.7 Å². The minimum absolute atomic E-state index is 0.0445. The lowest BCUT2D eigenvalue weighted by Gasteiger charge is -2.64. The highest BCUT2D eigenvalue weighted by atomic mass is 16.6. The van der Waals surface area contributed by atoms with Gasteiger partial charge in [0, 0.05) is 55.9 Å². The second kappa shape index (κ2) is 13.1. The molecule has 0 aromatic heterocycles. The number of hydrogen-bond donors (Lipinski definition) is 1. The van der Waals surface area contributed by atoms with Gasteiger partial charge < -0.3 is 33.7 Å². The van der Waals surface area contributed by atoms with Gasteiger partial charge in [-0.2, -0.15) is 0 Å². The van der Waals surface area contributed by atoms with Crippen LogP contribution in [0.3, 0.4) is 0 Å². The number of hydrogen-bond acceptors (Lipinski definition) is 11. The average molecular weight is 668 g/mol. The van der Waals surface area contributed by atoms with Crippen molar-refractivity contribution >= 4 is 23.9 Å². The van der Waals surface area contributed by atoms with Crippen molar-refractivity contribution in [3.63, 3.8) is 0 Å². The molecule has 10 unspecified atom stereocenters. The molecule has 3 aliphatic carbocycles. The van der Waals surface area contributed by atoms with E-state index < -0.39 is 76.7 Å².